The Balaban J connectivity index is 1.46. The highest BCUT2D eigenvalue weighted by molar-refractivity contribution is 5.49. The van der Waals surface area contributed by atoms with E-state index in [0.717, 1.165) is 30.5 Å². The van der Waals surface area contributed by atoms with Gasteiger partial charge in [-0.3, -0.25) is 4.90 Å². The summed E-state index contributed by atoms with van der Waals surface area (Å²) in [7, 11) is 0. The normalized spacial score (nSPS) is 16.6. The fourth-order valence-corrected chi connectivity index (χ4v) is 4.03. The molecular weight excluding hydrogens is 409 g/mol. The van der Waals surface area contributed by atoms with Crippen molar-refractivity contribution < 1.29 is 17.6 Å². The number of aromatic nitrogens is 4. The molecule has 3 heterocycles. The first-order chi connectivity index (χ1) is 15.0. The molecule has 1 atom stereocenters. The smallest absolute Gasteiger partial charge is 0.416 e. The highest BCUT2D eigenvalue weighted by Crippen LogP contribution is 2.32. The first-order valence-corrected chi connectivity index (χ1v) is 10.4. The molecule has 1 unspecified atom stereocenters. The molecule has 1 aromatic carbocycles. The van der Waals surface area contributed by atoms with Crippen molar-refractivity contribution in [3.63, 3.8) is 0 Å². The molecule has 0 amide bonds. The maximum Gasteiger partial charge on any atom is 0.416 e. The largest absolute Gasteiger partial charge is 0.467 e. The Morgan fingerprint density at radius 1 is 1.10 bits per heavy atom. The van der Waals surface area contributed by atoms with Crippen molar-refractivity contribution in [2.24, 2.45) is 0 Å². The summed E-state index contributed by atoms with van der Waals surface area (Å²) in [6.45, 7) is 5.29. The SMILES string of the molecule is CCCC(c1nnnn1Cc1ccco1)N1CCN(c2cccc(C(F)(F)F)c2)CC1. The summed E-state index contributed by atoms with van der Waals surface area (Å²) >= 11 is 0. The van der Waals surface area contributed by atoms with Crippen LogP contribution in [0.5, 0.6) is 0 Å². The zero-order chi connectivity index (χ0) is 21.8. The molecule has 1 saturated heterocycles. The molecule has 0 saturated carbocycles. The van der Waals surface area contributed by atoms with Gasteiger partial charge in [-0.15, -0.1) is 5.10 Å². The maximum absolute atomic E-state index is 13.1. The minimum atomic E-state index is -4.34. The molecule has 4 rings (SSSR count). The lowest BCUT2D eigenvalue weighted by Gasteiger charge is -2.39. The average Bonchev–Trinajstić information content (AvgIpc) is 3.44. The van der Waals surface area contributed by atoms with Crippen LogP contribution in [-0.2, 0) is 12.7 Å². The van der Waals surface area contributed by atoms with Crippen LogP contribution in [0.1, 0.15) is 43.0 Å². The topological polar surface area (TPSA) is 63.2 Å². The summed E-state index contributed by atoms with van der Waals surface area (Å²) in [4.78, 5) is 4.32. The van der Waals surface area contributed by atoms with Gasteiger partial charge >= 0.3 is 6.18 Å². The second-order valence-electron chi connectivity index (χ2n) is 7.65. The molecule has 0 aliphatic carbocycles. The number of benzene rings is 1. The number of hydrogen-bond donors (Lipinski definition) is 0. The Labute approximate surface area is 178 Å². The van der Waals surface area contributed by atoms with Crippen molar-refractivity contribution in [2.45, 2.75) is 38.5 Å². The molecule has 1 aliphatic rings. The van der Waals surface area contributed by atoms with Crippen LogP contribution >= 0.6 is 0 Å². The zero-order valence-corrected chi connectivity index (χ0v) is 17.3. The van der Waals surface area contributed by atoms with E-state index in [1.165, 1.54) is 12.1 Å². The predicted molar refractivity (Wildman–Crippen MR) is 109 cm³/mol. The number of tetrazole rings is 1. The summed E-state index contributed by atoms with van der Waals surface area (Å²) < 4.78 is 46.4. The van der Waals surface area contributed by atoms with Gasteiger partial charge in [0.1, 0.15) is 12.3 Å². The van der Waals surface area contributed by atoms with Crippen LogP contribution in [0.4, 0.5) is 18.9 Å². The van der Waals surface area contributed by atoms with Gasteiger partial charge in [0.2, 0.25) is 0 Å². The van der Waals surface area contributed by atoms with Crippen LogP contribution < -0.4 is 4.90 Å². The molecule has 0 N–H and O–H groups in total. The van der Waals surface area contributed by atoms with E-state index in [9.17, 15) is 13.2 Å². The van der Waals surface area contributed by atoms with Gasteiger partial charge in [-0.05, 0) is 47.2 Å². The van der Waals surface area contributed by atoms with Gasteiger partial charge in [0.15, 0.2) is 5.82 Å². The molecule has 0 bridgehead atoms. The molecule has 2 aromatic heterocycles. The standard InChI is InChI=1S/C21H25F3N6O/c1-2-5-19(20-25-26-27-30(20)15-18-8-4-13-31-18)29-11-9-28(10-12-29)17-7-3-6-16(14-17)21(22,23)24/h3-4,6-8,13-14,19H,2,5,9-12,15H2,1H3. The molecule has 1 aliphatic heterocycles. The van der Waals surface area contributed by atoms with E-state index < -0.39 is 11.7 Å². The van der Waals surface area contributed by atoms with E-state index in [4.69, 9.17) is 4.42 Å². The van der Waals surface area contributed by atoms with Crippen LogP contribution in [0.3, 0.4) is 0 Å². The number of anilines is 1. The Bertz CT molecular complexity index is 964. The minimum absolute atomic E-state index is 0.0404. The molecule has 1 fully saturated rings. The van der Waals surface area contributed by atoms with Crippen LogP contribution in [0.25, 0.3) is 0 Å². The Hall–Kier alpha value is -2.88. The number of alkyl halides is 3. The van der Waals surface area contributed by atoms with Crippen LogP contribution in [0.15, 0.2) is 47.1 Å². The summed E-state index contributed by atoms with van der Waals surface area (Å²) in [5.74, 6) is 1.56. The third kappa shape index (κ3) is 4.90. The van der Waals surface area contributed by atoms with Gasteiger partial charge in [0, 0.05) is 31.9 Å². The van der Waals surface area contributed by atoms with Crippen molar-refractivity contribution in [3.8, 4) is 0 Å². The van der Waals surface area contributed by atoms with E-state index in [2.05, 4.69) is 27.3 Å². The molecule has 3 aromatic rings. The maximum atomic E-state index is 13.1. The fourth-order valence-electron chi connectivity index (χ4n) is 4.03. The van der Waals surface area contributed by atoms with Crippen molar-refractivity contribution in [3.05, 3.63) is 59.8 Å². The van der Waals surface area contributed by atoms with Gasteiger partial charge in [-0.1, -0.05) is 19.4 Å². The second-order valence-corrected chi connectivity index (χ2v) is 7.65. The number of hydrogen-bond acceptors (Lipinski definition) is 6. The van der Waals surface area contributed by atoms with E-state index in [1.54, 1.807) is 17.0 Å². The van der Waals surface area contributed by atoms with Crippen LogP contribution in [0, 0.1) is 0 Å². The Morgan fingerprint density at radius 2 is 1.90 bits per heavy atom. The van der Waals surface area contributed by atoms with Gasteiger partial charge in [-0.2, -0.15) is 13.2 Å². The van der Waals surface area contributed by atoms with Gasteiger partial charge in [0.05, 0.1) is 17.9 Å². The van der Waals surface area contributed by atoms with Gasteiger partial charge in [-0.25, -0.2) is 4.68 Å². The summed E-state index contributed by atoms with van der Waals surface area (Å²) in [5.41, 5.74) is -0.0161. The molecule has 0 spiro atoms. The van der Waals surface area contributed by atoms with Crippen molar-refractivity contribution in [2.75, 3.05) is 31.1 Å². The Morgan fingerprint density at radius 3 is 2.58 bits per heavy atom. The molecule has 7 nitrogen and oxygen atoms in total. The van der Waals surface area contributed by atoms with Crippen molar-refractivity contribution in [1.29, 1.82) is 0 Å². The lowest BCUT2D eigenvalue weighted by Crippen LogP contribution is -2.48. The number of piperazine rings is 1. The molecule has 10 heteroatoms. The first-order valence-electron chi connectivity index (χ1n) is 10.4. The molecule has 31 heavy (non-hydrogen) atoms. The quantitative estimate of drug-likeness (QED) is 0.560. The second kappa shape index (κ2) is 9.09. The van der Waals surface area contributed by atoms with Crippen molar-refractivity contribution >= 4 is 5.69 Å². The lowest BCUT2D eigenvalue weighted by molar-refractivity contribution is -0.137. The van der Waals surface area contributed by atoms with Crippen LogP contribution in [-0.4, -0.2) is 51.3 Å². The van der Waals surface area contributed by atoms with E-state index in [-0.39, 0.29) is 6.04 Å². The predicted octanol–water partition coefficient (Wildman–Crippen LogP) is 4.00. The summed E-state index contributed by atoms with van der Waals surface area (Å²) in [6.07, 6.45) is -0.862. The molecule has 0 radical (unpaired) electrons. The van der Waals surface area contributed by atoms with E-state index in [1.807, 2.05) is 17.0 Å². The number of rotatable bonds is 7. The number of halogens is 3. The number of nitrogens with zero attached hydrogens (tertiary/aromatic N) is 6. The lowest BCUT2D eigenvalue weighted by atomic mass is 10.1. The van der Waals surface area contributed by atoms with E-state index >= 15 is 0 Å². The minimum Gasteiger partial charge on any atom is -0.467 e. The number of furan rings is 1. The average molecular weight is 434 g/mol. The zero-order valence-electron chi connectivity index (χ0n) is 17.3. The van der Waals surface area contributed by atoms with E-state index in [0.29, 0.717) is 38.4 Å². The summed E-state index contributed by atoms with van der Waals surface area (Å²) in [6, 6.07) is 9.28. The highest BCUT2D eigenvalue weighted by atomic mass is 19.4. The summed E-state index contributed by atoms with van der Waals surface area (Å²) in [5, 5.41) is 12.3. The van der Waals surface area contributed by atoms with Crippen LogP contribution in [0.2, 0.25) is 0 Å². The fraction of sp³-hybridized carbons (Fsp3) is 0.476. The monoisotopic (exact) mass is 434 g/mol. The highest BCUT2D eigenvalue weighted by Gasteiger charge is 2.32. The first kappa shape index (κ1) is 21.4. The third-order valence-corrected chi connectivity index (χ3v) is 5.60. The molecular formula is C21H25F3N6O. The molecule has 166 valence electrons. The van der Waals surface area contributed by atoms with Gasteiger partial charge < -0.3 is 9.32 Å². The Kier molecular flexibility index (Phi) is 6.26. The van der Waals surface area contributed by atoms with Crippen molar-refractivity contribution in [1.82, 2.24) is 25.1 Å². The third-order valence-electron chi connectivity index (χ3n) is 5.60. The van der Waals surface area contributed by atoms with Gasteiger partial charge in [0.25, 0.3) is 0 Å².